The van der Waals surface area contributed by atoms with Gasteiger partial charge in [-0.2, -0.15) is 27.8 Å². The Labute approximate surface area is 159 Å². The Morgan fingerprint density at radius 3 is 2.37 bits per heavy atom. The molecule has 0 radical (unpaired) electrons. The highest BCUT2D eigenvalue weighted by atomic mass is 32.2. The molecule has 1 N–H and O–H groups in total. The molecule has 3 aromatic rings. The van der Waals surface area contributed by atoms with E-state index in [0.717, 1.165) is 17.1 Å². The number of hydrogen-bond acceptors (Lipinski definition) is 5. The Bertz CT molecular complexity index is 929. The van der Waals surface area contributed by atoms with Crippen molar-refractivity contribution < 1.29 is 13.2 Å². The van der Waals surface area contributed by atoms with Crippen molar-refractivity contribution in [3.63, 3.8) is 0 Å². The summed E-state index contributed by atoms with van der Waals surface area (Å²) in [7, 11) is 0. The summed E-state index contributed by atoms with van der Waals surface area (Å²) in [6, 6.07) is 8.16. The zero-order valence-corrected chi connectivity index (χ0v) is 16.2. The number of halogens is 3. The van der Waals surface area contributed by atoms with E-state index in [1.807, 2.05) is 13.0 Å². The van der Waals surface area contributed by atoms with Gasteiger partial charge in [-0.3, -0.25) is 0 Å². The third-order valence-corrected chi connectivity index (χ3v) is 4.72. The van der Waals surface area contributed by atoms with Crippen molar-refractivity contribution in [3.05, 3.63) is 47.9 Å². The number of rotatable bonds is 4. The van der Waals surface area contributed by atoms with Gasteiger partial charge in [0.25, 0.3) is 5.78 Å². The molecule has 0 aliphatic heterocycles. The molecule has 0 aliphatic carbocycles. The van der Waals surface area contributed by atoms with Crippen LogP contribution in [0.5, 0.6) is 0 Å². The van der Waals surface area contributed by atoms with E-state index in [2.05, 4.69) is 41.2 Å². The average molecular weight is 395 g/mol. The monoisotopic (exact) mass is 395 g/mol. The Morgan fingerprint density at radius 1 is 1.11 bits per heavy atom. The molecule has 0 fully saturated rings. The molecule has 3 rings (SSSR count). The van der Waals surface area contributed by atoms with Gasteiger partial charge in [-0.1, -0.05) is 32.9 Å². The minimum atomic E-state index is -4.30. The van der Waals surface area contributed by atoms with Gasteiger partial charge < -0.3 is 5.32 Å². The lowest BCUT2D eigenvalue weighted by molar-refractivity contribution is -0.0328. The number of fused-ring (bicyclic) bond motifs is 1. The van der Waals surface area contributed by atoms with Gasteiger partial charge >= 0.3 is 5.51 Å². The molecule has 0 saturated carbocycles. The van der Waals surface area contributed by atoms with E-state index in [1.165, 1.54) is 18.5 Å². The van der Waals surface area contributed by atoms with Crippen LogP contribution < -0.4 is 5.32 Å². The predicted octanol–water partition coefficient (Wildman–Crippen LogP) is 5.24. The molecule has 0 saturated heterocycles. The number of benzene rings is 1. The second kappa shape index (κ2) is 7.03. The first-order chi connectivity index (χ1) is 12.5. The number of aromatic nitrogens is 4. The summed E-state index contributed by atoms with van der Waals surface area (Å²) in [6.07, 6.45) is 1.43. The molecule has 5 nitrogen and oxygen atoms in total. The molecule has 1 atom stereocenters. The van der Waals surface area contributed by atoms with E-state index in [4.69, 9.17) is 0 Å². The lowest BCUT2D eigenvalue weighted by Gasteiger charge is -2.33. The van der Waals surface area contributed by atoms with Crippen LogP contribution in [0.15, 0.2) is 41.6 Å². The summed E-state index contributed by atoms with van der Waals surface area (Å²) in [5, 5.41) is 7.66. The lowest BCUT2D eigenvalue weighted by atomic mass is 9.82. The van der Waals surface area contributed by atoms with Crippen molar-refractivity contribution in [3.8, 4) is 0 Å². The molecule has 2 heterocycles. The minimum Gasteiger partial charge on any atom is -0.363 e. The highest BCUT2D eigenvalue weighted by molar-refractivity contribution is 8.00. The summed E-state index contributed by atoms with van der Waals surface area (Å²) < 4.78 is 39.3. The highest BCUT2D eigenvalue weighted by Crippen LogP contribution is 2.39. The molecule has 9 heteroatoms. The van der Waals surface area contributed by atoms with E-state index in [1.54, 1.807) is 16.6 Å². The highest BCUT2D eigenvalue weighted by Gasteiger charge is 2.30. The number of nitrogens with zero attached hydrogens (tertiary/aromatic N) is 4. The number of nitrogens with one attached hydrogen (secondary N) is 1. The number of anilines is 1. The molecule has 2 aromatic heterocycles. The van der Waals surface area contributed by atoms with Crippen LogP contribution in [0.25, 0.3) is 5.78 Å². The zero-order chi connectivity index (χ0) is 19.8. The average Bonchev–Trinajstić information content (AvgIpc) is 2.99. The first-order valence-electron chi connectivity index (χ1n) is 8.32. The lowest BCUT2D eigenvalue weighted by Crippen LogP contribution is -2.27. The van der Waals surface area contributed by atoms with Gasteiger partial charge in [-0.05, 0) is 41.8 Å². The normalized spacial score (nSPS) is 13.7. The molecule has 27 heavy (non-hydrogen) atoms. The molecule has 0 amide bonds. The number of thioether (sulfide) groups is 1. The van der Waals surface area contributed by atoms with Gasteiger partial charge in [0.2, 0.25) is 0 Å². The van der Waals surface area contributed by atoms with E-state index in [0.29, 0.717) is 5.78 Å². The molecule has 0 spiro atoms. The summed E-state index contributed by atoms with van der Waals surface area (Å²) in [4.78, 5) is 8.61. The molecular formula is C18H20F3N5S. The summed E-state index contributed by atoms with van der Waals surface area (Å²) >= 11 is -0.113. The van der Waals surface area contributed by atoms with Crippen molar-refractivity contribution >= 4 is 23.4 Å². The quantitative estimate of drug-likeness (QED) is 0.612. The number of hydrogen-bond donors (Lipinski definition) is 1. The minimum absolute atomic E-state index is 0.113. The van der Waals surface area contributed by atoms with Crippen molar-refractivity contribution in [2.24, 2.45) is 5.41 Å². The van der Waals surface area contributed by atoms with E-state index < -0.39 is 5.51 Å². The zero-order valence-electron chi connectivity index (χ0n) is 15.4. The van der Waals surface area contributed by atoms with Crippen LogP contribution in [0, 0.1) is 12.3 Å². The van der Waals surface area contributed by atoms with Crippen LogP contribution >= 0.6 is 11.8 Å². The summed E-state index contributed by atoms with van der Waals surface area (Å²) in [6.45, 7) is 8.07. The molecule has 1 aromatic carbocycles. The first-order valence-corrected chi connectivity index (χ1v) is 9.14. The van der Waals surface area contributed by atoms with Crippen molar-refractivity contribution in [1.29, 1.82) is 0 Å². The SMILES string of the molecule is Cc1cc(N[C@@H](c2ccc(SC(F)(F)F)cc2)C(C)(C)C)n2ncnc2n1. The van der Waals surface area contributed by atoms with E-state index in [9.17, 15) is 13.2 Å². The van der Waals surface area contributed by atoms with Gasteiger partial charge in [-0.25, -0.2) is 4.98 Å². The van der Waals surface area contributed by atoms with Gasteiger partial charge in [-0.15, -0.1) is 0 Å². The summed E-state index contributed by atoms with van der Waals surface area (Å²) in [5.41, 5.74) is -2.82. The van der Waals surface area contributed by atoms with Gasteiger partial charge in [0, 0.05) is 16.7 Å². The van der Waals surface area contributed by atoms with Gasteiger partial charge in [0.15, 0.2) is 0 Å². The maximum absolute atomic E-state index is 12.6. The van der Waals surface area contributed by atoms with Crippen molar-refractivity contribution in [1.82, 2.24) is 19.6 Å². The predicted molar refractivity (Wildman–Crippen MR) is 99.7 cm³/mol. The molecule has 144 valence electrons. The fourth-order valence-electron chi connectivity index (χ4n) is 2.84. The third-order valence-electron chi connectivity index (χ3n) is 3.99. The van der Waals surface area contributed by atoms with E-state index >= 15 is 0 Å². The summed E-state index contributed by atoms with van der Waals surface area (Å²) in [5.74, 6) is 1.21. The smallest absolute Gasteiger partial charge is 0.363 e. The maximum atomic E-state index is 12.6. The molecule has 0 unspecified atom stereocenters. The second-order valence-corrected chi connectivity index (χ2v) is 8.45. The molecule has 0 bridgehead atoms. The van der Waals surface area contributed by atoms with Crippen LogP contribution in [0.4, 0.5) is 19.0 Å². The van der Waals surface area contributed by atoms with Crippen LogP contribution in [-0.2, 0) is 0 Å². The maximum Gasteiger partial charge on any atom is 0.446 e. The van der Waals surface area contributed by atoms with Crippen molar-refractivity contribution in [2.75, 3.05) is 5.32 Å². The second-order valence-electron chi connectivity index (χ2n) is 7.31. The Hall–Kier alpha value is -2.29. The fourth-order valence-corrected chi connectivity index (χ4v) is 3.38. The third kappa shape index (κ3) is 4.71. The van der Waals surface area contributed by atoms with Crippen LogP contribution in [0.3, 0.4) is 0 Å². The molecular weight excluding hydrogens is 375 g/mol. The number of alkyl halides is 3. The van der Waals surface area contributed by atoms with Crippen LogP contribution in [0.2, 0.25) is 0 Å². The standard InChI is InChI=1S/C18H20F3N5S/c1-11-9-14(26-16(24-11)22-10-23-26)25-15(17(2,3)4)12-5-7-13(8-6-12)27-18(19,20)21/h5-10,15,25H,1-4H3/t15-/m0/s1. The van der Waals surface area contributed by atoms with E-state index in [-0.39, 0.29) is 28.1 Å². The fraction of sp³-hybridized carbons (Fsp3) is 0.389. The number of aryl methyl sites for hydroxylation is 1. The van der Waals surface area contributed by atoms with Gasteiger partial charge in [0.1, 0.15) is 12.1 Å². The van der Waals surface area contributed by atoms with Crippen LogP contribution in [-0.4, -0.2) is 25.1 Å². The Morgan fingerprint density at radius 2 is 1.78 bits per heavy atom. The molecule has 0 aliphatic rings. The Balaban J connectivity index is 1.94. The van der Waals surface area contributed by atoms with Crippen molar-refractivity contribution in [2.45, 2.75) is 44.1 Å². The van der Waals surface area contributed by atoms with Crippen LogP contribution in [0.1, 0.15) is 38.1 Å². The van der Waals surface area contributed by atoms with Gasteiger partial charge in [0.05, 0.1) is 6.04 Å². The first kappa shape index (κ1) is 19.5. The Kier molecular flexibility index (Phi) is 5.07. The topological polar surface area (TPSA) is 55.1 Å². The largest absolute Gasteiger partial charge is 0.446 e.